The number of amides is 3. The van der Waals surface area contributed by atoms with Gasteiger partial charge in [-0.05, 0) is 73.1 Å². The maximum atomic E-state index is 13.9. The standard InChI is InChI=1S/C27H37N5O5/c1-17-9-10-19-20(13-17)31(15-21-22(28-16-32(19)21)23(33)36-26(3,4)5)24(34)29-11-12-30(18(2)14-29)25(35)37-27(6,7)8/h9-10,13,16,18H,11-12,14-15H2,1-8H3/t18-/m0/s1. The van der Waals surface area contributed by atoms with E-state index in [0.717, 1.165) is 16.9 Å². The fourth-order valence-electron chi connectivity index (χ4n) is 4.58. The van der Waals surface area contributed by atoms with Gasteiger partial charge < -0.3 is 19.3 Å². The predicted molar refractivity (Wildman–Crippen MR) is 139 cm³/mol. The van der Waals surface area contributed by atoms with E-state index in [1.807, 2.05) is 57.4 Å². The molecule has 0 aliphatic carbocycles. The SMILES string of the molecule is Cc1ccc2c(c1)N(C(=O)N1CCN(C(=O)OC(C)(C)C)[C@@H](C)C1)Cc1c(C(=O)OC(C)(C)C)ncn1-2. The maximum absolute atomic E-state index is 13.9. The number of imidazole rings is 1. The summed E-state index contributed by atoms with van der Waals surface area (Å²) in [4.78, 5) is 48.9. The fraction of sp³-hybridized carbons (Fsp3) is 0.556. The van der Waals surface area contributed by atoms with Crippen LogP contribution < -0.4 is 4.90 Å². The lowest BCUT2D eigenvalue weighted by molar-refractivity contribution is 0.00506. The highest BCUT2D eigenvalue weighted by Gasteiger charge is 2.38. The summed E-state index contributed by atoms with van der Waals surface area (Å²) in [5.41, 5.74) is 2.05. The minimum atomic E-state index is -0.670. The van der Waals surface area contributed by atoms with Crippen molar-refractivity contribution in [2.45, 2.75) is 79.2 Å². The van der Waals surface area contributed by atoms with Crippen molar-refractivity contribution in [1.29, 1.82) is 0 Å². The summed E-state index contributed by atoms with van der Waals surface area (Å²) in [5.74, 6) is -0.524. The maximum Gasteiger partial charge on any atom is 0.410 e. The number of urea groups is 1. The van der Waals surface area contributed by atoms with Gasteiger partial charge in [-0.1, -0.05) is 6.07 Å². The number of esters is 1. The topological polar surface area (TPSA) is 97.2 Å². The number of fused-ring (bicyclic) bond motifs is 3. The van der Waals surface area contributed by atoms with Crippen LogP contribution >= 0.6 is 0 Å². The summed E-state index contributed by atoms with van der Waals surface area (Å²) in [6, 6.07) is 5.45. The van der Waals surface area contributed by atoms with E-state index in [2.05, 4.69) is 4.98 Å². The summed E-state index contributed by atoms with van der Waals surface area (Å²) in [5, 5.41) is 0. The average molecular weight is 512 g/mol. The lowest BCUT2D eigenvalue weighted by atomic mass is 10.1. The molecule has 10 nitrogen and oxygen atoms in total. The smallest absolute Gasteiger partial charge is 0.410 e. The van der Waals surface area contributed by atoms with Gasteiger partial charge in [0.05, 0.1) is 23.6 Å². The van der Waals surface area contributed by atoms with Crippen molar-refractivity contribution in [3.63, 3.8) is 0 Å². The molecule has 3 heterocycles. The molecule has 1 aromatic carbocycles. The van der Waals surface area contributed by atoms with Crippen LogP contribution in [0.2, 0.25) is 0 Å². The number of nitrogens with zero attached hydrogens (tertiary/aromatic N) is 5. The Hall–Kier alpha value is -3.56. The molecule has 1 saturated heterocycles. The molecule has 0 spiro atoms. The van der Waals surface area contributed by atoms with Crippen molar-refractivity contribution in [2.75, 3.05) is 24.5 Å². The van der Waals surface area contributed by atoms with Crippen molar-refractivity contribution < 1.29 is 23.9 Å². The van der Waals surface area contributed by atoms with Gasteiger partial charge in [0, 0.05) is 25.7 Å². The molecule has 37 heavy (non-hydrogen) atoms. The van der Waals surface area contributed by atoms with Gasteiger partial charge >= 0.3 is 18.1 Å². The number of carbonyl (C=O) groups is 3. The third-order valence-corrected chi connectivity index (χ3v) is 6.20. The first-order valence-corrected chi connectivity index (χ1v) is 12.6. The Morgan fingerprint density at radius 1 is 0.973 bits per heavy atom. The van der Waals surface area contributed by atoms with Crippen molar-refractivity contribution in [3.8, 4) is 5.69 Å². The highest BCUT2D eigenvalue weighted by molar-refractivity contribution is 5.97. The third-order valence-electron chi connectivity index (χ3n) is 6.20. The van der Waals surface area contributed by atoms with Crippen LogP contribution in [-0.4, -0.2) is 74.3 Å². The Bertz CT molecular complexity index is 1220. The van der Waals surface area contributed by atoms with E-state index in [0.29, 0.717) is 25.3 Å². The van der Waals surface area contributed by atoms with Crippen molar-refractivity contribution in [3.05, 3.63) is 41.5 Å². The van der Waals surface area contributed by atoms with Gasteiger partial charge in [0.25, 0.3) is 0 Å². The summed E-state index contributed by atoms with van der Waals surface area (Å²) in [6.07, 6.45) is 1.23. The second-order valence-corrected chi connectivity index (χ2v) is 11.7. The number of anilines is 1. The highest BCUT2D eigenvalue weighted by Crippen LogP contribution is 2.35. The van der Waals surface area contributed by atoms with E-state index >= 15 is 0 Å². The van der Waals surface area contributed by atoms with Crippen LogP contribution in [0.15, 0.2) is 24.5 Å². The van der Waals surface area contributed by atoms with Crippen molar-refractivity contribution in [2.24, 2.45) is 0 Å². The number of hydrogen-bond donors (Lipinski definition) is 0. The molecule has 1 aromatic heterocycles. The number of rotatable bonds is 1. The Balaban J connectivity index is 1.60. The highest BCUT2D eigenvalue weighted by atomic mass is 16.6. The lowest BCUT2D eigenvalue weighted by Crippen LogP contribution is -2.58. The normalized spacial score (nSPS) is 17.7. The van der Waals surface area contributed by atoms with Crippen LogP contribution in [0.25, 0.3) is 5.69 Å². The molecule has 0 unspecified atom stereocenters. The van der Waals surface area contributed by atoms with Crippen LogP contribution in [0, 0.1) is 6.92 Å². The van der Waals surface area contributed by atoms with E-state index in [9.17, 15) is 14.4 Å². The molecule has 2 aliphatic rings. The first-order valence-electron chi connectivity index (χ1n) is 12.6. The number of aryl methyl sites for hydroxylation is 1. The summed E-state index contributed by atoms with van der Waals surface area (Å²) < 4.78 is 13.0. The molecule has 200 valence electrons. The molecule has 2 aromatic rings. The lowest BCUT2D eigenvalue weighted by Gasteiger charge is -2.42. The van der Waals surface area contributed by atoms with Crippen LogP contribution in [0.5, 0.6) is 0 Å². The van der Waals surface area contributed by atoms with Gasteiger partial charge in [0.15, 0.2) is 5.69 Å². The Morgan fingerprint density at radius 3 is 2.27 bits per heavy atom. The Morgan fingerprint density at radius 2 is 1.65 bits per heavy atom. The monoisotopic (exact) mass is 511 g/mol. The summed E-state index contributed by atoms with van der Waals surface area (Å²) in [6.45, 7) is 16.1. The third kappa shape index (κ3) is 5.57. The molecule has 1 fully saturated rings. The largest absolute Gasteiger partial charge is 0.455 e. The van der Waals surface area contributed by atoms with Crippen LogP contribution in [0.3, 0.4) is 0 Å². The van der Waals surface area contributed by atoms with E-state index in [1.54, 1.807) is 41.8 Å². The zero-order valence-electron chi connectivity index (χ0n) is 23.0. The van der Waals surface area contributed by atoms with Gasteiger partial charge in [0.2, 0.25) is 0 Å². The van der Waals surface area contributed by atoms with Gasteiger partial charge in [-0.2, -0.15) is 0 Å². The van der Waals surface area contributed by atoms with Crippen LogP contribution in [0.1, 0.15) is 70.2 Å². The number of ether oxygens (including phenoxy) is 2. The first kappa shape index (κ1) is 26.5. The molecule has 0 radical (unpaired) electrons. The zero-order chi connectivity index (χ0) is 27.3. The number of hydrogen-bond acceptors (Lipinski definition) is 6. The molecule has 10 heteroatoms. The number of aromatic nitrogens is 2. The molecule has 3 amide bonds. The van der Waals surface area contributed by atoms with Crippen LogP contribution in [0.4, 0.5) is 15.3 Å². The number of benzene rings is 1. The molecular weight excluding hydrogens is 474 g/mol. The number of piperazine rings is 1. The molecule has 4 rings (SSSR count). The fourth-order valence-corrected chi connectivity index (χ4v) is 4.58. The average Bonchev–Trinajstić information content (AvgIpc) is 3.19. The first-order chi connectivity index (χ1) is 17.1. The predicted octanol–water partition coefficient (Wildman–Crippen LogP) is 4.52. The van der Waals surface area contributed by atoms with Crippen molar-refractivity contribution >= 4 is 23.8 Å². The molecule has 2 aliphatic heterocycles. The minimum absolute atomic E-state index is 0.171. The molecular formula is C27H37N5O5. The Labute approximate surface area is 218 Å². The second-order valence-electron chi connectivity index (χ2n) is 11.7. The molecule has 0 bridgehead atoms. The van der Waals surface area contributed by atoms with E-state index < -0.39 is 17.2 Å². The van der Waals surface area contributed by atoms with Gasteiger partial charge in [-0.25, -0.2) is 19.4 Å². The van der Waals surface area contributed by atoms with Crippen molar-refractivity contribution in [1.82, 2.24) is 19.4 Å². The molecule has 0 saturated carbocycles. The molecule has 1 atom stereocenters. The number of carbonyl (C=O) groups excluding carboxylic acids is 3. The second kappa shape index (κ2) is 9.39. The van der Waals surface area contributed by atoms with Gasteiger partial charge in [-0.15, -0.1) is 0 Å². The zero-order valence-corrected chi connectivity index (χ0v) is 23.0. The van der Waals surface area contributed by atoms with Crippen LogP contribution in [-0.2, 0) is 16.0 Å². The minimum Gasteiger partial charge on any atom is -0.455 e. The quantitative estimate of drug-likeness (QED) is 0.523. The summed E-state index contributed by atoms with van der Waals surface area (Å²) >= 11 is 0. The summed E-state index contributed by atoms with van der Waals surface area (Å²) in [7, 11) is 0. The van der Waals surface area contributed by atoms with Gasteiger partial charge in [-0.3, -0.25) is 9.47 Å². The van der Waals surface area contributed by atoms with E-state index in [-0.39, 0.29) is 30.4 Å². The van der Waals surface area contributed by atoms with Gasteiger partial charge in [0.1, 0.15) is 17.5 Å². The van der Waals surface area contributed by atoms with E-state index in [1.165, 1.54) is 0 Å². The molecule has 0 N–H and O–H groups in total. The Kier molecular flexibility index (Phi) is 6.73. The van der Waals surface area contributed by atoms with E-state index in [4.69, 9.17) is 9.47 Å².